The van der Waals surface area contributed by atoms with E-state index in [1.165, 1.54) is 7.11 Å². The van der Waals surface area contributed by atoms with E-state index in [2.05, 4.69) is 26.1 Å². The molecule has 0 bridgehead atoms. The lowest BCUT2D eigenvalue weighted by Gasteiger charge is -2.23. The number of phenols is 1. The van der Waals surface area contributed by atoms with Gasteiger partial charge in [-0.1, -0.05) is 28.1 Å². The van der Waals surface area contributed by atoms with E-state index in [0.29, 0.717) is 30.9 Å². The lowest BCUT2D eigenvalue weighted by Crippen LogP contribution is -2.22. The number of benzene rings is 2. The first-order valence-corrected chi connectivity index (χ1v) is 9.90. The van der Waals surface area contributed by atoms with Gasteiger partial charge in [0.05, 0.1) is 19.9 Å². The van der Waals surface area contributed by atoms with Crippen molar-refractivity contribution in [1.82, 2.24) is 10.2 Å². The van der Waals surface area contributed by atoms with Crippen molar-refractivity contribution in [3.8, 4) is 11.5 Å². The van der Waals surface area contributed by atoms with Crippen LogP contribution in [-0.4, -0.2) is 30.1 Å². The van der Waals surface area contributed by atoms with E-state index in [1.807, 2.05) is 36.4 Å². The molecule has 152 valence electrons. The van der Waals surface area contributed by atoms with Crippen LogP contribution in [0.3, 0.4) is 0 Å². The van der Waals surface area contributed by atoms with E-state index in [-0.39, 0.29) is 11.7 Å². The summed E-state index contributed by atoms with van der Waals surface area (Å²) in [5.41, 5.74) is 2.62. The molecule has 0 unspecified atom stereocenters. The zero-order valence-electron chi connectivity index (χ0n) is 16.3. The average Bonchev–Trinajstić information content (AvgIpc) is 3.23. The van der Waals surface area contributed by atoms with E-state index in [0.717, 1.165) is 21.4 Å². The second kappa shape index (κ2) is 9.62. The number of nitrogens with zero attached hydrogens (tertiary/aromatic N) is 1. The molecule has 1 heterocycles. The predicted molar refractivity (Wildman–Crippen MR) is 114 cm³/mol. The Bertz CT molecular complexity index is 956. The van der Waals surface area contributed by atoms with Crippen LogP contribution in [0.2, 0.25) is 0 Å². The van der Waals surface area contributed by atoms with E-state index in [1.54, 1.807) is 25.4 Å². The molecule has 0 fully saturated rings. The normalized spacial score (nSPS) is 10.9. The number of halogens is 1. The SMILES string of the molecule is CNC(=O)c1ccc(CN(Cc2ccco2)Cc2cc(O)c(OC)cc2Br)cc1. The molecule has 7 heteroatoms. The smallest absolute Gasteiger partial charge is 0.251 e. The van der Waals surface area contributed by atoms with Crippen molar-refractivity contribution in [2.75, 3.05) is 14.2 Å². The van der Waals surface area contributed by atoms with E-state index >= 15 is 0 Å². The minimum atomic E-state index is -0.110. The Morgan fingerprint density at radius 2 is 1.93 bits per heavy atom. The van der Waals surface area contributed by atoms with Crippen molar-refractivity contribution in [1.29, 1.82) is 0 Å². The quantitative estimate of drug-likeness (QED) is 0.525. The number of amides is 1. The number of furan rings is 1. The fraction of sp³-hybridized carbons (Fsp3) is 0.227. The average molecular weight is 459 g/mol. The van der Waals surface area contributed by atoms with Crippen LogP contribution in [0.25, 0.3) is 0 Å². The maximum absolute atomic E-state index is 11.7. The molecule has 0 aliphatic rings. The number of carbonyl (C=O) groups is 1. The van der Waals surface area contributed by atoms with Crippen LogP contribution >= 0.6 is 15.9 Å². The number of phenolic OH excluding ortho intramolecular Hbond substituents is 1. The second-order valence-electron chi connectivity index (χ2n) is 6.62. The Morgan fingerprint density at radius 1 is 1.17 bits per heavy atom. The van der Waals surface area contributed by atoms with Gasteiger partial charge in [-0.05, 0) is 47.5 Å². The molecule has 2 aromatic carbocycles. The third kappa shape index (κ3) is 5.40. The highest BCUT2D eigenvalue weighted by Crippen LogP contribution is 2.33. The van der Waals surface area contributed by atoms with Crippen molar-refractivity contribution in [3.63, 3.8) is 0 Å². The highest BCUT2D eigenvalue weighted by Gasteiger charge is 2.15. The monoisotopic (exact) mass is 458 g/mol. The first kappa shape index (κ1) is 21.0. The van der Waals surface area contributed by atoms with Crippen LogP contribution in [0.5, 0.6) is 11.5 Å². The number of aromatic hydroxyl groups is 1. The Balaban J connectivity index is 1.81. The van der Waals surface area contributed by atoms with Crippen molar-refractivity contribution >= 4 is 21.8 Å². The summed E-state index contributed by atoms with van der Waals surface area (Å²) < 4.78 is 11.5. The summed E-state index contributed by atoms with van der Waals surface area (Å²) in [4.78, 5) is 13.9. The minimum Gasteiger partial charge on any atom is -0.504 e. The molecule has 0 aliphatic carbocycles. The minimum absolute atomic E-state index is 0.0959. The van der Waals surface area contributed by atoms with Gasteiger partial charge in [-0.3, -0.25) is 9.69 Å². The largest absolute Gasteiger partial charge is 0.504 e. The molecule has 0 radical (unpaired) electrons. The van der Waals surface area contributed by atoms with Crippen LogP contribution < -0.4 is 10.1 Å². The maximum atomic E-state index is 11.7. The summed E-state index contributed by atoms with van der Waals surface area (Å²) in [6.07, 6.45) is 1.65. The van der Waals surface area contributed by atoms with Crippen LogP contribution in [0.15, 0.2) is 63.7 Å². The predicted octanol–water partition coefficient (Wildman–Crippen LogP) is 4.32. The van der Waals surface area contributed by atoms with Crippen LogP contribution in [0.1, 0.15) is 27.2 Å². The van der Waals surface area contributed by atoms with Crippen LogP contribution in [-0.2, 0) is 19.6 Å². The number of ether oxygens (including phenoxy) is 1. The molecule has 3 aromatic rings. The molecule has 2 N–H and O–H groups in total. The molecule has 0 spiro atoms. The zero-order chi connectivity index (χ0) is 20.8. The molecular weight excluding hydrogens is 436 g/mol. The molecule has 6 nitrogen and oxygen atoms in total. The Morgan fingerprint density at radius 3 is 2.55 bits per heavy atom. The number of carbonyl (C=O) groups excluding carboxylic acids is 1. The maximum Gasteiger partial charge on any atom is 0.251 e. The standard InChI is InChI=1S/C22H23BrN2O4/c1-24-22(27)16-7-5-15(6-8-16)12-25(14-18-4-3-9-29-18)13-17-10-20(26)21(28-2)11-19(17)23/h3-11,26H,12-14H2,1-2H3,(H,24,27). The third-order valence-electron chi connectivity index (χ3n) is 4.55. The first-order chi connectivity index (χ1) is 14.0. The number of hydrogen-bond donors (Lipinski definition) is 2. The Kier molecular flexibility index (Phi) is 6.95. The summed E-state index contributed by atoms with van der Waals surface area (Å²) in [6, 6.07) is 14.8. The zero-order valence-corrected chi connectivity index (χ0v) is 17.9. The summed E-state index contributed by atoms with van der Waals surface area (Å²) >= 11 is 3.56. The fourth-order valence-corrected chi connectivity index (χ4v) is 3.51. The van der Waals surface area contributed by atoms with Gasteiger partial charge in [-0.25, -0.2) is 0 Å². The molecule has 0 atom stereocenters. The van der Waals surface area contributed by atoms with Crippen LogP contribution in [0, 0.1) is 0 Å². The molecule has 0 aliphatic heterocycles. The van der Waals surface area contributed by atoms with Gasteiger partial charge in [0.15, 0.2) is 11.5 Å². The highest BCUT2D eigenvalue weighted by atomic mass is 79.9. The second-order valence-corrected chi connectivity index (χ2v) is 7.47. The highest BCUT2D eigenvalue weighted by molar-refractivity contribution is 9.10. The first-order valence-electron chi connectivity index (χ1n) is 9.11. The molecule has 1 amide bonds. The Labute approximate surface area is 178 Å². The topological polar surface area (TPSA) is 74.9 Å². The lowest BCUT2D eigenvalue weighted by molar-refractivity contribution is 0.0963. The van der Waals surface area contributed by atoms with Gasteiger partial charge in [-0.15, -0.1) is 0 Å². The molecule has 29 heavy (non-hydrogen) atoms. The van der Waals surface area contributed by atoms with Gasteiger partial charge >= 0.3 is 0 Å². The number of hydrogen-bond acceptors (Lipinski definition) is 5. The van der Waals surface area contributed by atoms with Gasteiger partial charge < -0.3 is 19.6 Å². The molecule has 0 saturated heterocycles. The van der Waals surface area contributed by atoms with Gasteiger partial charge in [-0.2, -0.15) is 0 Å². The van der Waals surface area contributed by atoms with Gasteiger partial charge in [0, 0.05) is 30.2 Å². The van der Waals surface area contributed by atoms with Crippen molar-refractivity contribution in [2.45, 2.75) is 19.6 Å². The third-order valence-corrected chi connectivity index (χ3v) is 5.29. The number of nitrogens with one attached hydrogen (secondary N) is 1. The van der Waals surface area contributed by atoms with Crippen molar-refractivity contribution in [3.05, 3.63) is 81.7 Å². The Hall–Kier alpha value is -2.77. The molecule has 0 saturated carbocycles. The fourth-order valence-electron chi connectivity index (χ4n) is 3.07. The summed E-state index contributed by atoms with van der Waals surface area (Å²) in [5.74, 6) is 1.25. The van der Waals surface area contributed by atoms with Crippen LogP contribution in [0.4, 0.5) is 0 Å². The van der Waals surface area contributed by atoms with Gasteiger partial charge in [0.1, 0.15) is 5.76 Å². The van der Waals surface area contributed by atoms with E-state index in [9.17, 15) is 9.90 Å². The number of methoxy groups -OCH3 is 1. The summed E-state index contributed by atoms with van der Waals surface area (Å²) in [7, 11) is 3.14. The summed E-state index contributed by atoms with van der Waals surface area (Å²) in [5, 5.41) is 12.8. The molecule has 1 aromatic heterocycles. The molecular formula is C22H23BrN2O4. The number of rotatable bonds is 8. The van der Waals surface area contributed by atoms with E-state index in [4.69, 9.17) is 9.15 Å². The molecule has 3 rings (SSSR count). The van der Waals surface area contributed by atoms with E-state index < -0.39 is 0 Å². The van der Waals surface area contributed by atoms with Crippen molar-refractivity contribution in [2.24, 2.45) is 0 Å². The van der Waals surface area contributed by atoms with Crippen molar-refractivity contribution < 1.29 is 19.1 Å². The van der Waals surface area contributed by atoms with Gasteiger partial charge in [0.25, 0.3) is 5.91 Å². The summed E-state index contributed by atoms with van der Waals surface area (Å²) in [6.45, 7) is 1.83. The van der Waals surface area contributed by atoms with Gasteiger partial charge in [0.2, 0.25) is 0 Å². The lowest BCUT2D eigenvalue weighted by atomic mass is 10.1.